The number of piperidine rings is 1. The Morgan fingerprint density at radius 3 is 2.71 bits per heavy atom. The number of benzene rings is 1. The molecule has 0 bridgehead atoms. The number of hydrogen-bond donors (Lipinski definition) is 1. The summed E-state index contributed by atoms with van der Waals surface area (Å²) in [7, 11) is 0. The first-order valence-corrected chi connectivity index (χ1v) is 7.79. The number of nitrogens with one attached hydrogen (secondary N) is 1. The number of nitrogens with zero attached hydrogens (tertiary/aromatic N) is 3. The molecule has 0 aliphatic carbocycles. The summed E-state index contributed by atoms with van der Waals surface area (Å²) in [6, 6.07) is 4.07. The van der Waals surface area contributed by atoms with E-state index in [1.165, 1.54) is 19.3 Å². The van der Waals surface area contributed by atoms with Gasteiger partial charge in [-0.3, -0.25) is 10.1 Å². The van der Waals surface area contributed by atoms with Crippen molar-refractivity contribution in [1.29, 1.82) is 0 Å². The average molecular weight is 305 g/mol. The maximum atomic E-state index is 11.5. The summed E-state index contributed by atoms with van der Waals surface area (Å²) in [5.41, 5.74) is 3.11. The smallest absolute Gasteiger partial charge is 0.246 e. The fourth-order valence-electron chi connectivity index (χ4n) is 3.24. The first-order chi connectivity index (χ1) is 10.2. The molecule has 1 aromatic carbocycles. The van der Waals surface area contributed by atoms with E-state index >= 15 is 0 Å². The molecule has 3 aliphatic rings. The molecule has 1 amide bonds. The number of anilines is 1. The molecule has 1 N–H and O–H groups in total. The van der Waals surface area contributed by atoms with Crippen molar-refractivity contribution in [1.82, 2.24) is 10.2 Å². The van der Waals surface area contributed by atoms with Crippen LogP contribution in [0.15, 0.2) is 17.1 Å². The molecule has 0 saturated carbocycles. The molecule has 1 aromatic rings. The van der Waals surface area contributed by atoms with Crippen molar-refractivity contribution >= 4 is 34.8 Å². The van der Waals surface area contributed by atoms with Gasteiger partial charge >= 0.3 is 0 Å². The molecule has 3 aliphatic heterocycles. The van der Waals surface area contributed by atoms with Crippen LogP contribution < -0.4 is 10.2 Å². The van der Waals surface area contributed by atoms with Gasteiger partial charge < -0.3 is 9.80 Å². The Balaban J connectivity index is 1.70. The largest absolute Gasteiger partial charge is 0.370 e. The minimum absolute atomic E-state index is 0.00362. The highest BCUT2D eigenvalue weighted by Gasteiger charge is 2.30. The predicted octanol–water partition coefficient (Wildman–Crippen LogP) is 2.26. The lowest BCUT2D eigenvalue weighted by molar-refractivity contribution is -0.118. The van der Waals surface area contributed by atoms with Crippen molar-refractivity contribution in [2.45, 2.75) is 25.8 Å². The molecule has 0 aromatic heterocycles. The SMILES string of the molecule is O=C1CN2Cc3cc(N4CCCCC4)c(Cl)cc3N=C2N1. The van der Waals surface area contributed by atoms with Crippen LogP contribution >= 0.6 is 11.6 Å². The van der Waals surface area contributed by atoms with Gasteiger partial charge in [-0.15, -0.1) is 0 Å². The monoisotopic (exact) mass is 304 g/mol. The summed E-state index contributed by atoms with van der Waals surface area (Å²) < 4.78 is 0. The van der Waals surface area contributed by atoms with Gasteiger partial charge in [0.1, 0.15) is 6.54 Å². The lowest BCUT2D eigenvalue weighted by Gasteiger charge is -2.31. The standard InChI is InChI=1S/C15H17ClN4O/c16-11-7-12-10(6-13(11)19-4-2-1-3-5-19)8-20-9-14(21)18-15(20)17-12/h6-7H,1-5,8-9H2,(H,17,18,21). The third-order valence-corrected chi connectivity index (χ3v) is 4.62. The molecular weight excluding hydrogens is 288 g/mol. The van der Waals surface area contributed by atoms with E-state index in [1.807, 2.05) is 11.0 Å². The number of aliphatic imine (C=N–C) groups is 1. The van der Waals surface area contributed by atoms with E-state index in [1.54, 1.807) is 0 Å². The van der Waals surface area contributed by atoms with Gasteiger partial charge in [0.2, 0.25) is 11.9 Å². The fourth-order valence-corrected chi connectivity index (χ4v) is 3.52. The van der Waals surface area contributed by atoms with Crippen LogP contribution in [-0.4, -0.2) is 36.4 Å². The van der Waals surface area contributed by atoms with Crippen LogP contribution in [0.5, 0.6) is 0 Å². The lowest BCUT2D eigenvalue weighted by Crippen LogP contribution is -2.33. The maximum absolute atomic E-state index is 11.5. The molecule has 21 heavy (non-hydrogen) atoms. The van der Waals surface area contributed by atoms with E-state index in [0.29, 0.717) is 19.0 Å². The Morgan fingerprint density at radius 2 is 1.90 bits per heavy atom. The summed E-state index contributed by atoms with van der Waals surface area (Å²) in [5, 5.41) is 3.53. The molecule has 110 valence electrons. The summed E-state index contributed by atoms with van der Waals surface area (Å²) in [6.45, 7) is 3.23. The van der Waals surface area contributed by atoms with Crippen LogP contribution in [0, 0.1) is 0 Å². The first-order valence-electron chi connectivity index (χ1n) is 7.41. The third kappa shape index (κ3) is 2.25. The van der Waals surface area contributed by atoms with E-state index < -0.39 is 0 Å². The second-order valence-electron chi connectivity index (χ2n) is 5.82. The number of guanidine groups is 1. The van der Waals surface area contributed by atoms with Gasteiger partial charge in [0, 0.05) is 19.6 Å². The van der Waals surface area contributed by atoms with E-state index in [4.69, 9.17) is 11.6 Å². The first kappa shape index (κ1) is 13.0. The Morgan fingerprint density at radius 1 is 1.10 bits per heavy atom. The Labute approximate surface area is 128 Å². The van der Waals surface area contributed by atoms with Crippen molar-refractivity contribution in [2.75, 3.05) is 24.5 Å². The Kier molecular flexibility index (Phi) is 3.03. The second-order valence-corrected chi connectivity index (χ2v) is 6.23. The molecule has 0 spiro atoms. The number of amides is 1. The highest BCUT2D eigenvalue weighted by molar-refractivity contribution is 6.33. The van der Waals surface area contributed by atoms with E-state index in [0.717, 1.165) is 35.1 Å². The minimum Gasteiger partial charge on any atom is -0.370 e. The summed E-state index contributed by atoms with van der Waals surface area (Å²) in [6.07, 6.45) is 3.74. The van der Waals surface area contributed by atoms with Crippen LogP contribution in [0.2, 0.25) is 5.02 Å². The molecule has 3 heterocycles. The topological polar surface area (TPSA) is 47.9 Å². The average Bonchev–Trinajstić information content (AvgIpc) is 2.84. The van der Waals surface area contributed by atoms with Crippen molar-refractivity contribution in [3.8, 4) is 0 Å². The molecule has 2 saturated heterocycles. The Hall–Kier alpha value is -1.75. The van der Waals surface area contributed by atoms with Gasteiger partial charge in [0.25, 0.3) is 0 Å². The zero-order valence-electron chi connectivity index (χ0n) is 11.7. The highest BCUT2D eigenvalue weighted by atomic mass is 35.5. The molecule has 4 rings (SSSR count). The minimum atomic E-state index is 0.00362. The number of carbonyl (C=O) groups is 1. The number of fused-ring (bicyclic) bond motifs is 2. The predicted molar refractivity (Wildman–Crippen MR) is 83.2 cm³/mol. The van der Waals surface area contributed by atoms with Gasteiger partial charge in [-0.2, -0.15) is 0 Å². The van der Waals surface area contributed by atoms with Gasteiger partial charge in [0.05, 0.1) is 16.4 Å². The summed E-state index contributed by atoms with van der Waals surface area (Å²) >= 11 is 6.45. The lowest BCUT2D eigenvalue weighted by atomic mass is 10.1. The number of halogens is 1. The molecule has 0 radical (unpaired) electrons. The third-order valence-electron chi connectivity index (χ3n) is 4.32. The van der Waals surface area contributed by atoms with E-state index in [2.05, 4.69) is 21.3 Å². The molecular formula is C15H17ClN4O. The zero-order valence-corrected chi connectivity index (χ0v) is 12.5. The number of carbonyl (C=O) groups excluding carboxylic acids is 1. The van der Waals surface area contributed by atoms with Gasteiger partial charge in [0.15, 0.2) is 0 Å². The van der Waals surface area contributed by atoms with Crippen LogP contribution in [-0.2, 0) is 11.3 Å². The highest BCUT2D eigenvalue weighted by Crippen LogP contribution is 2.37. The van der Waals surface area contributed by atoms with Crippen LogP contribution in [0.25, 0.3) is 0 Å². The molecule has 6 heteroatoms. The van der Waals surface area contributed by atoms with Crippen LogP contribution in [0.4, 0.5) is 11.4 Å². The molecule has 2 fully saturated rings. The fraction of sp³-hybridized carbons (Fsp3) is 0.467. The van der Waals surface area contributed by atoms with E-state index in [9.17, 15) is 4.79 Å². The summed E-state index contributed by atoms with van der Waals surface area (Å²) in [4.78, 5) is 20.3. The Bertz CT molecular complexity index is 637. The van der Waals surface area contributed by atoms with Crippen molar-refractivity contribution in [3.63, 3.8) is 0 Å². The summed E-state index contributed by atoms with van der Waals surface area (Å²) in [5.74, 6) is 0.651. The maximum Gasteiger partial charge on any atom is 0.246 e. The van der Waals surface area contributed by atoms with E-state index in [-0.39, 0.29) is 5.91 Å². The van der Waals surface area contributed by atoms with Crippen molar-refractivity contribution in [3.05, 3.63) is 22.7 Å². The normalized spacial score (nSPS) is 20.8. The van der Waals surface area contributed by atoms with Gasteiger partial charge in [-0.25, -0.2) is 4.99 Å². The number of hydrogen-bond acceptors (Lipinski definition) is 4. The van der Waals surface area contributed by atoms with Gasteiger partial charge in [-0.1, -0.05) is 11.6 Å². The molecule has 0 atom stereocenters. The van der Waals surface area contributed by atoms with Gasteiger partial charge in [-0.05, 0) is 37.0 Å². The van der Waals surface area contributed by atoms with Crippen LogP contribution in [0.1, 0.15) is 24.8 Å². The molecule has 5 nitrogen and oxygen atoms in total. The quantitative estimate of drug-likeness (QED) is 0.866. The van der Waals surface area contributed by atoms with Crippen LogP contribution in [0.3, 0.4) is 0 Å². The molecule has 0 unspecified atom stereocenters. The zero-order chi connectivity index (χ0) is 14.4. The van der Waals surface area contributed by atoms with Crippen molar-refractivity contribution in [2.24, 2.45) is 4.99 Å². The number of rotatable bonds is 1. The second kappa shape index (κ2) is 4.91. The van der Waals surface area contributed by atoms with Crippen molar-refractivity contribution < 1.29 is 4.79 Å².